The molecule has 0 aliphatic carbocycles. The largest absolute Gasteiger partial charge is 0.396 e. The Hall–Kier alpha value is -2.01. The summed E-state index contributed by atoms with van der Waals surface area (Å²) < 4.78 is 23.2. The van der Waals surface area contributed by atoms with Gasteiger partial charge in [-0.25, -0.2) is 8.42 Å². The van der Waals surface area contributed by atoms with E-state index in [0.29, 0.717) is 12.2 Å². The first-order chi connectivity index (χ1) is 9.48. The van der Waals surface area contributed by atoms with Gasteiger partial charge in [-0.2, -0.15) is 0 Å². The van der Waals surface area contributed by atoms with Crippen molar-refractivity contribution in [2.45, 2.75) is 11.3 Å². The number of nitrogens with two attached hydrogens (primary N) is 1. The Morgan fingerprint density at radius 1 is 1.05 bits per heavy atom. The third-order valence-corrected chi connectivity index (χ3v) is 4.19. The van der Waals surface area contributed by atoms with Crippen molar-refractivity contribution in [1.82, 2.24) is 0 Å². The van der Waals surface area contributed by atoms with Crippen LogP contribution in [0.1, 0.15) is 5.56 Å². The fraction of sp³-hybridized carbons (Fsp3) is 0.200. The fourth-order valence-corrected chi connectivity index (χ4v) is 2.84. The summed E-state index contributed by atoms with van der Waals surface area (Å²) >= 11 is 0. The van der Waals surface area contributed by atoms with Crippen LogP contribution in [0.15, 0.2) is 53.4 Å². The minimum Gasteiger partial charge on any atom is -0.396 e. The zero-order valence-corrected chi connectivity index (χ0v) is 12.2. The second-order valence-corrected chi connectivity index (χ2v) is 6.64. The summed E-state index contributed by atoms with van der Waals surface area (Å²) in [5.74, 6) is 0. The van der Waals surface area contributed by atoms with E-state index in [0.717, 1.165) is 12.7 Å². The lowest BCUT2D eigenvalue weighted by Crippen LogP contribution is -2.09. The Balaban J connectivity index is 2.07. The predicted molar refractivity (Wildman–Crippen MR) is 82.6 cm³/mol. The van der Waals surface area contributed by atoms with Crippen molar-refractivity contribution >= 4 is 21.2 Å². The molecule has 0 spiro atoms. The van der Waals surface area contributed by atoms with Crippen LogP contribution >= 0.6 is 0 Å². The summed E-state index contributed by atoms with van der Waals surface area (Å²) in [6, 6.07) is 15.1. The van der Waals surface area contributed by atoms with Gasteiger partial charge in [0.25, 0.3) is 0 Å². The summed E-state index contributed by atoms with van der Waals surface area (Å²) in [5.41, 5.74) is 8.06. The Labute approximate surface area is 119 Å². The van der Waals surface area contributed by atoms with Gasteiger partial charge >= 0.3 is 0 Å². The van der Waals surface area contributed by atoms with Crippen LogP contribution in [0.2, 0.25) is 0 Å². The number of anilines is 2. The zero-order valence-electron chi connectivity index (χ0n) is 11.3. The van der Waals surface area contributed by atoms with Gasteiger partial charge in [0, 0.05) is 12.8 Å². The molecule has 0 saturated heterocycles. The van der Waals surface area contributed by atoms with Gasteiger partial charge in [0.15, 0.2) is 9.84 Å². The molecule has 2 rings (SSSR count). The second kappa shape index (κ2) is 5.96. The second-order valence-electron chi connectivity index (χ2n) is 4.65. The minimum atomic E-state index is -3.30. The number of para-hydroxylation sites is 1. The van der Waals surface area contributed by atoms with E-state index in [9.17, 15) is 8.42 Å². The number of nitrogens with one attached hydrogen (secondary N) is 1. The average molecular weight is 290 g/mol. The van der Waals surface area contributed by atoms with Crippen molar-refractivity contribution in [3.63, 3.8) is 0 Å². The maximum atomic E-state index is 11.6. The molecular formula is C15H18N2O2S. The van der Waals surface area contributed by atoms with Gasteiger partial charge in [0.2, 0.25) is 0 Å². The lowest BCUT2D eigenvalue weighted by Gasteiger charge is -2.12. The summed E-state index contributed by atoms with van der Waals surface area (Å²) in [6.07, 6.45) is 2.01. The number of hydrogen-bond donors (Lipinski definition) is 2. The van der Waals surface area contributed by atoms with E-state index in [1.54, 1.807) is 12.1 Å². The smallest absolute Gasteiger partial charge is 0.177 e. The summed E-state index contributed by atoms with van der Waals surface area (Å²) in [7, 11) is -3.30. The molecule has 3 N–H and O–H groups in total. The first kappa shape index (κ1) is 14.4. The van der Waals surface area contributed by atoms with Crippen LogP contribution in [-0.4, -0.2) is 21.2 Å². The molecule has 2 aromatic carbocycles. The normalized spacial score (nSPS) is 11.2. The molecule has 106 valence electrons. The predicted octanol–water partition coefficient (Wildman–Crippen LogP) is 2.33. The van der Waals surface area contributed by atoms with Crippen molar-refractivity contribution in [1.29, 1.82) is 0 Å². The van der Waals surface area contributed by atoms with E-state index in [1.807, 2.05) is 18.2 Å². The Morgan fingerprint density at radius 2 is 1.75 bits per heavy atom. The Kier molecular flexibility index (Phi) is 4.29. The molecule has 0 aliphatic rings. The number of benzene rings is 2. The third-order valence-electron chi connectivity index (χ3n) is 3.04. The summed E-state index contributed by atoms with van der Waals surface area (Å²) in [4.78, 5) is 0.169. The zero-order chi connectivity index (χ0) is 14.6. The highest BCUT2D eigenvalue weighted by Gasteiger charge is 2.13. The van der Waals surface area contributed by atoms with E-state index >= 15 is 0 Å². The molecule has 0 amide bonds. The average Bonchev–Trinajstić information content (AvgIpc) is 2.40. The van der Waals surface area contributed by atoms with Crippen LogP contribution in [-0.2, 0) is 16.3 Å². The molecule has 5 heteroatoms. The van der Waals surface area contributed by atoms with Crippen molar-refractivity contribution < 1.29 is 8.42 Å². The van der Waals surface area contributed by atoms with Crippen molar-refractivity contribution in [2.75, 3.05) is 23.9 Å². The van der Waals surface area contributed by atoms with Gasteiger partial charge in [-0.3, -0.25) is 0 Å². The molecule has 0 heterocycles. The maximum Gasteiger partial charge on any atom is 0.177 e. The van der Waals surface area contributed by atoms with Crippen molar-refractivity contribution in [2.24, 2.45) is 0 Å². The van der Waals surface area contributed by atoms with E-state index in [-0.39, 0.29) is 10.6 Å². The highest BCUT2D eigenvalue weighted by molar-refractivity contribution is 7.90. The molecule has 0 unspecified atom stereocenters. The van der Waals surface area contributed by atoms with Crippen molar-refractivity contribution in [3.05, 3.63) is 54.1 Å². The molecule has 0 aliphatic heterocycles. The monoisotopic (exact) mass is 290 g/mol. The fourth-order valence-electron chi connectivity index (χ4n) is 2.01. The van der Waals surface area contributed by atoms with Crippen LogP contribution in [0.25, 0.3) is 0 Å². The molecule has 2 aromatic rings. The van der Waals surface area contributed by atoms with Gasteiger partial charge in [-0.05, 0) is 24.1 Å². The number of hydrogen-bond acceptors (Lipinski definition) is 4. The van der Waals surface area contributed by atoms with Gasteiger partial charge in [-0.1, -0.05) is 36.4 Å². The van der Waals surface area contributed by atoms with E-state index in [4.69, 9.17) is 5.73 Å². The quantitative estimate of drug-likeness (QED) is 0.829. The molecule has 0 fully saturated rings. The molecule has 0 aromatic heterocycles. The molecule has 20 heavy (non-hydrogen) atoms. The van der Waals surface area contributed by atoms with E-state index in [1.165, 1.54) is 11.6 Å². The van der Waals surface area contributed by atoms with Gasteiger partial charge in [0.05, 0.1) is 16.3 Å². The molecular weight excluding hydrogens is 272 g/mol. The van der Waals surface area contributed by atoms with E-state index in [2.05, 4.69) is 17.4 Å². The highest BCUT2D eigenvalue weighted by atomic mass is 32.2. The molecule has 0 saturated carbocycles. The van der Waals surface area contributed by atoms with Crippen LogP contribution in [0, 0.1) is 0 Å². The lowest BCUT2D eigenvalue weighted by molar-refractivity contribution is 0.602. The van der Waals surface area contributed by atoms with Crippen LogP contribution in [0.3, 0.4) is 0 Å². The minimum absolute atomic E-state index is 0.169. The molecule has 4 nitrogen and oxygen atoms in total. The topological polar surface area (TPSA) is 72.2 Å². The number of rotatable bonds is 5. The lowest BCUT2D eigenvalue weighted by atomic mass is 10.1. The number of sulfone groups is 1. The molecule has 0 bridgehead atoms. The van der Waals surface area contributed by atoms with Crippen LogP contribution < -0.4 is 11.1 Å². The van der Waals surface area contributed by atoms with E-state index < -0.39 is 9.84 Å². The van der Waals surface area contributed by atoms with Gasteiger partial charge < -0.3 is 11.1 Å². The summed E-state index contributed by atoms with van der Waals surface area (Å²) in [5, 5.41) is 3.18. The van der Waals surface area contributed by atoms with Gasteiger partial charge in [-0.15, -0.1) is 0 Å². The van der Waals surface area contributed by atoms with Gasteiger partial charge in [0.1, 0.15) is 0 Å². The first-order valence-corrected chi connectivity index (χ1v) is 8.24. The first-order valence-electron chi connectivity index (χ1n) is 6.35. The molecule has 0 radical (unpaired) electrons. The van der Waals surface area contributed by atoms with Crippen molar-refractivity contribution in [3.8, 4) is 0 Å². The highest BCUT2D eigenvalue weighted by Crippen LogP contribution is 2.26. The Morgan fingerprint density at radius 3 is 2.40 bits per heavy atom. The molecule has 0 atom stereocenters. The van der Waals surface area contributed by atoms with Crippen LogP contribution in [0.5, 0.6) is 0 Å². The maximum absolute atomic E-state index is 11.6. The van der Waals surface area contributed by atoms with Crippen LogP contribution in [0.4, 0.5) is 11.4 Å². The SMILES string of the molecule is CS(=O)(=O)c1cccc(NCCc2ccccc2)c1N. The summed E-state index contributed by atoms with van der Waals surface area (Å²) in [6.45, 7) is 0.696. The standard InChI is InChI=1S/C15H18N2O2S/c1-20(18,19)14-9-5-8-13(15(14)16)17-11-10-12-6-3-2-4-7-12/h2-9,17H,10-11,16H2,1H3. The third kappa shape index (κ3) is 3.51. The number of nitrogen functional groups attached to an aromatic ring is 1. The Bertz CT molecular complexity index is 682.